The maximum atomic E-state index is 13.0. The third-order valence-electron chi connectivity index (χ3n) is 5.13. The number of Topliss-reactive ketones (excluding diaryl/α,β-unsaturated/α-hetero) is 1. The molecule has 14 heteroatoms. The number of esters is 2. The van der Waals surface area contributed by atoms with Crippen LogP contribution in [0.25, 0.3) is 0 Å². The minimum Gasteiger partial charge on any atom is -0.494 e. The number of anilines is 3. The van der Waals surface area contributed by atoms with Crippen molar-refractivity contribution in [3.05, 3.63) is 41.5 Å². The van der Waals surface area contributed by atoms with E-state index in [-0.39, 0.29) is 33.9 Å². The molecule has 0 fully saturated rings. The quantitative estimate of drug-likeness (QED) is 0.229. The number of carbonyl (C=O) groups is 5. The van der Waals surface area contributed by atoms with E-state index >= 15 is 0 Å². The molecule has 0 bridgehead atoms. The first-order valence-corrected chi connectivity index (χ1v) is 10.6. The van der Waals surface area contributed by atoms with Gasteiger partial charge in [0, 0.05) is 6.07 Å². The maximum absolute atomic E-state index is 13.0. The summed E-state index contributed by atoms with van der Waals surface area (Å²) in [5, 5.41) is 24.9. The molecule has 194 valence electrons. The van der Waals surface area contributed by atoms with Crippen molar-refractivity contribution in [1.29, 1.82) is 0 Å². The molecule has 1 aliphatic heterocycles. The lowest BCUT2D eigenvalue weighted by atomic mass is 10.1. The van der Waals surface area contributed by atoms with E-state index in [2.05, 4.69) is 30.9 Å². The average Bonchev–Trinajstić information content (AvgIpc) is 2.88. The number of ketones is 1. The largest absolute Gasteiger partial charge is 0.494 e. The zero-order valence-corrected chi connectivity index (χ0v) is 20.1. The van der Waals surface area contributed by atoms with Crippen molar-refractivity contribution in [3.8, 4) is 5.75 Å². The number of hydrogen-bond acceptors (Lipinski definition) is 12. The monoisotopic (exact) mass is 513 g/mol. The Balaban J connectivity index is 1.93. The van der Waals surface area contributed by atoms with E-state index in [0.29, 0.717) is 5.69 Å². The lowest BCUT2D eigenvalue weighted by Gasteiger charge is -2.25. The summed E-state index contributed by atoms with van der Waals surface area (Å²) in [4.78, 5) is 61.0. The SMILES string of the molecule is COC(=O)c1ccc(C(=O)OC)c(/N=N\C(C(C)=O)C(=O)Nc2cc3c(cc2OC)NC(O)C(=O)N3)c1. The number of aliphatic hydroxyl groups excluding tert-OH is 1. The molecule has 2 aromatic carbocycles. The van der Waals surface area contributed by atoms with Crippen molar-refractivity contribution in [3.63, 3.8) is 0 Å². The van der Waals surface area contributed by atoms with Crippen LogP contribution in [-0.2, 0) is 23.9 Å². The number of hydrogen-bond donors (Lipinski definition) is 4. The van der Waals surface area contributed by atoms with E-state index in [9.17, 15) is 29.1 Å². The predicted octanol–water partition coefficient (Wildman–Crippen LogP) is 1.63. The van der Waals surface area contributed by atoms with Crippen LogP contribution in [0.2, 0.25) is 0 Å². The Labute approximate surface area is 210 Å². The third kappa shape index (κ3) is 5.87. The topological polar surface area (TPSA) is 194 Å². The molecule has 0 radical (unpaired) electrons. The van der Waals surface area contributed by atoms with Gasteiger partial charge in [-0.15, -0.1) is 0 Å². The number of carbonyl (C=O) groups excluding carboxylic acids is 5. The van der Waals surface area contributed by atoms with E-state index < -0.39 is 41.8 Å². The van der Waals surface area contributed by atoms with Crippen LogP contribution in [-0.4, -0.2) is 68.2 Å². The molecule has 2 amide bonds. The molecule has 2 unspecified atom stereocenters. The van der Waals surface area contributed by atoms with E-state index in [1.54, 1.807) is 0 Å². The van der Waals surface area contributed by atoms with Gasteiger partial charge in [0.2, 0.25) is 12.3 Å². The second kappa shape index (κ2) is 11.3. The average molecular weight is 513 g/mol. The number of aliphatic hydroxyl groups is 1. The summed E-state index contributed by atoms with van der Waals surface area (Å²) in [7, 11) is 3.65. The van der Waals surface area contributed by atoms with E-state index in [1.165, 1.54) is 44.6 Å². The molecule has 3 rings (SSSR count). The smallest absolute Gasteiger partial charge is 0.340 e. The fourth-order valence-corrected chi connectivity index (χ4v) is 3.26. The number of nitrogens with one attached hydrogen (secondary N) is 3. The molecule has 14 nitrogen and oxygen atoms in total. The lowest BCUT2D eigenvalue weighted by Crippen LogP contribution is -2.38. The molecule has 37 heavy (non-hydrogen) atoms. The Bertz CT molecular complexity index is 1310. The van der Waals surface area contributed by atoms with Gasteiger partial charge in [-0.3, -0.25) is 14.4 Å². The summed E-state index contributed by atoms with van der Waals surface area (Å²) >= 11 is 0. The van der Waals surface area contributed by atoms with Crippen molar-refractivity contribution in [2.75, 3.05) is 37.3 Å². The van der Waals surface area contributed by atoms with Gasteiger partial charge in [-0.2, -0.15) is 10.2 Å². The Kier molecular flexibility index (Phi) is 8.14. The van der Waals surface area contributed by atoms with Gasteiger partial charge in [-0.1, -0.05) is 0 Å². The summed E-state index contributed by atoms with van der Waals surface area (Å²) < 4.78 is 14.6. The fraction of sp³-hybridized carbons (Fsp3) is 0.261. The molecule has 0 aromatic heterocycles. The molecule has 2 atom stereocenters. The lowest BCUT2D eigenvalue weighted by molar-refractivity contribution is -0.126. The van der Waals surface area contributed by atoms with Gasteiger partial charge < -0.3 is 35.3 Å². The van der Waals surface area contributed by atoms with Crippen LogP contribution in [0.3, 0.4) is 0 Å². The Morgan fingerprint density at radius 1 is 1.03 bits per heavy atom. The van der Waals surface area contributed by atoms with E-state index in [0.717, 1.165) is 14.0 Å². The number of benzene rings is 2. The Morgan fingerprint density at radius 3 is 2.35 bits per heavy atom. The number of ether oxygens (including phenoxy) is 3. The van der Waals surface area contributed by atoms with Gasteiger partial charge in [0.15, 0.2) is 5.78 Å². The molecular weight excluding hydrogens is 490 g/mol. The molecule has 0 saturated heterocycles. The number of azo groups is 1. The van der Waals surface area contributed by atoms with Crippen molar-refractivity contribution < 1.29 is 43.3 Å². The van der Waals surface area contributed by atoms with Gasteiger partial charge in [-0.25, -0.2) is 9.59 Å². The second-order valence-electron chi connectivity index (χ2n) is 7.57. The zero-order valence-electron chi connectivity index (χ0n) is 20.1. The minimum absolute atomic E-state index is 0.0486. The van der Waals surface area contributed by atoms with Crippen LogP contribution in [0, 0.1) is 0 Å². The highest BCUT2D eigenvalue weighted by atomic mass is 16.5. The Hall–Kier alpha value is -4.85. The molecule has 1 aliphatic rings. The first-order valence-electron chi connectivity index (χ1n) is 10.6. The van der Waals surface area contributed by atoms with Crippen LogP contribution in [0.4, 0.5) is 22.7 Å². The molecule has 0 saturated carbocycles. The van der Waals surface area contributed by atoms with Crippen LogP contribution < -0.4 is 20.7 Å². The van der Waals surface area contributed by atoms with Gasteiger partial charge in [0.1, 0.15) is 11.4 Å². The first kappa shape index (κ1) is 26.7. The second-order valence-corrected chi connectivity index (χ2v) is 7.57. The summed E-state index contributed by atoms with van der Waals surface area (Å²) in [5.41, 5.74) is 0.526. The molecular formula is C23H23N5O9. The van der Waals surface area contributed by atoms with Crippen molar-refractivity contribution in [2.45, 2.75) is 19.2 Å². The number of nitrogens with zero attached hydrogens (tertiary/aromatic N) is 2. The van der Waals surface area contributed by atoms with Crippen LogP contribution in [0.5, 0.6) is 5.75 Å². The number of rotatable bonds is 8. The number of fused-ring (bicyclic) bond motifs is 1. The van der Waals surface area contributed by atoms with Crippen LogP contribution in [0.15, 0.2) is 40.6 Å². The summed E-state index contributed by atoms with van der Waals surface area (Å²) in [6, 6.07) is 4.94. The minimum atomic E-state index is -1.65. The van der Waals surface area contributed by atoms with Crippen LogP contribution in [0.1, 0.15) is 27.6 Å². The first-order chi connectivity index (χ1) is 17.6. The Morgan fingerprint density at radius 2 is 1.73 bits per heavy atom. The molecule has 0 aliphatic carbocycles. The zero-order chi connectivity index (χ0) is 27.3. The maximum Gasteiger partial charge on any atom is 0.340 e. The van der Waals surface area contributed by atoms with Gasteiger partial charge in [0.25, 0.3) is 11.8 Å². The van der Waals surface area contributed by atoms with Crippen molar-refractivity contribution in [2.24, 2.45) is 10.2 Å². The van der Waals surface area contributed by atoms with E-state index in [4.69, 9.17) is 9.47 Å². The molecule has 2 aromatic rings. The molecule has 4 N–H and O–H groups in total. The van der Waals surface area contributed by atoms with Gasteiger partial charge >= 0.3 is 11.9 Å². The van der Waals surface area contributed by atoms with E-state index in [1.807, 2.05) is 0 Å². The predicted molar refractivity (Wildman–Crippen MR) is 128 cm³/mol. The van der Waals surface area contributed by atoms with Crippen LogP contribution >= 0.6 is 0 Å². The summed E-state index contributed by atoms with van der Waals surface area (Å²) in [5.74, 6) is -3.62. The third-order valence-corrected chi connectivity index (χ3v) is 5.13. The highest BCUT2D eigenvalue weighted by Gasteiger charge is 2.28. The normalized spacial score (nSPS) is 15.1. The number of amides is 2. The van der Waals surface area contributed by atoms with Gasteiger partial charge in [0.05, 0.1) is 49.5 Å². The van der Waals surface area contributed by atoms with Crippen molar-refractivity contribution >= 4 is 52.3 Å². The molecule has 0 spiro atoms. The highest BCUT2D eigenvalue weighted by molar-refractivity contribution is 6.11. The molecule has 1 heterocycles. The van der Waals surface area contributed by atoms with Crippen molar-refractivity contribution in [1.82, 2.24) is 0 Å². The summed E-state index contributed by atoms with van der Waals surface area (Å²) in [6.07, 6.45) is -1.47. The summed E-state index contributed by atoms with van der Waals surface area (Å²) in [6.45, 7) is 1.12. The fourth-order valence-electron chi connectivity index (χ4n) is 3.26. The van der Waals surface area contributed by atoms with Gasteiger partial charge in [-0.05, 0) is 31.2 Å². The standard InChI is InChI=1S/C23H23N5O9/c1-10(29)18(28-27-13-7-11(22(33)36-3)5-6-12(13)23(34)37-4)19(30)26-16-8-14-15(9-17(16)35-2)25-21(32)20(31)24-14/h5-9,18,21,25,32H,1-4H3,(H,24,31)(H,26,30)/b28-27-. The number of methoxy groups -OCH3 is 3. The highest BCUT2D eigenvalue weighted by Crippen LogP contribution is 2.37.